The van der Waals surface area contributed by atoms with E-state index in [4.69, 9.17) is 4.74 Å². The van der Waals surface area contributed by atoms with Gasteiger partial charge in [-0.25, -0.2) is 0 Å². The van der Waals surface area contributed by atoms with E-state index in [1.807, 2.05) is 27.0 Å². The van der Waals surface area contributed by atoms with Crippen molar-refractivity contribution in [1.29, 1.82) is 0 Å². The fourth-order valence-corrected chi connectivity index (χ4v) is 3.15. The van der Waals surface area contributed by atoms with Gasteiger partial charge in [-0.05, 0) is 50.1 Å². The fraction of sp³-hybridized carbons (Fsp3) is 0.273. The van der Waals surface area contributed by atoms with Gasteiger partial charge in [0.15, 0.2) is 5.75 Å². The molecule has 0 fully saturated rings. The fourth-order valence-electron chi connectivity index (χ4n) is 3.15. The Labute approximate surface area is 174 Å². The van der Waals surface area contributed by atoms with Crippen LogP contribution in [-0.4, -0.2) is 20.6 Å². The van der Waals surface area contributed by atoms with Gasteiger partial charge in [-0.3, -0.25) is 19.6 Å². The number of aromatic nitrogens is 2. The third-order valence-corrected chi connectivity index (χ3v) is 4.98. The Morgan fingerprint density at radius 1 is 1.27 bits per heavy atom. The van der Waals surface area contributed by atoms with Gasteiger partial charge in [0.1, 0.15) is 6.61 Å². The van der Waals surface area contributed by atoms with Gasteiger partial charge in [0.25, 0.3) is 5.91 Å². The van der Waals surface area contributed by atoms with Crippen LogP contribution in [0.5, 0.6) is 5.75 Å². The van der Waals surface area contributed by atoms with Crippen LogP contribution in [0.25, 0.3) is 0 Å². The number of amides is 1. The molecule has 3 rings (SSSR count). The third-order valence-electron chi connectivity index (χ3n) is 4.98. The summed E-state index contributed by atoms with van der Waals surface area (Å²) >= 11 is 0. The lowest BCUT2D eigenvalue weighted by Crippen LogP contribution is -2.27. The molecular formula is C22H24N4O4. The summed E-state index contributed by atoms with van der Waals surface area (Å²) in [4.78, 5) is 23.5. The lowest BCUT2D eigenvalue weighted by Gasteiger charge is -2.14. The average Bonchev–Trinajstić information content (AvgIpc) is 3.05. The Bertz CT molecular complexity index is 1090. The number of benzene rings is 2. The highest BCUT2D eigenvalue weighted by Crippen LogP contribution is 2.28. The first-order chi connectivity index (χ1) is 14.3. The van der Waals surface area contributed by atoms with Crippen molar-refractivity contribution in [1.82, 2.24) is 15.1 Å². The molecule has 156 valence electrons. The molecular weight excluding hydrogens is 384 g/mol. The minimum Gasteiger partial charge on any atom is -0.482 e. The topological polar surface area (TPSA) is 99.3 Å². The average molecular weight is 408 g/mol. The summed E-state index contributed by atoms with van der Waals surface area (Å²) in [5.41, 5.74) is 3.88. The summed E-state index contributed by atoms with van der Waals surface area (Å²) in [6.45, 7) is 5.76. The van der Waals surface area contributed by atoms with Crippen molar-refractivity contribution in [3.05, 3.63) is 86.7 Å². The number of nitro benzene ring substituents is 1. The van der Waals surface area contributed by atoms with E-state index in [0.29, 0.717) is 5.56 Å². The van der Waals surface area contributed by atoms with Crippen molar-refractivity contribution in [2.24, 2.45) is 7.05 Å². The molecule has 1 unspecified atom stereocenters. The molecule has 0 spiro atoms. The zero-order chi connectivity index (χ0) is 21.8. The van der Waals surface area contributed by atoms with Crippen LogP contribution in [0.1, 0.15) is 45.7 Å². The quantitative estimate of drug-likeness (QED) is 0.470. The van der Waals surface area contributed by atoms with Gasteiger partial charge in [0, 0.05) is 29.9 Å². The molecule has 0 radical (unpaired) electrons. The summed E-state index contributed by atoms with van der Waals surface area (Å²) in [6.07, 6.45) is 1.75. The number of rotatable bonds is 7. The summed E-state index contributed by atoms with van der Waals surface area (Å²) in [6, 6.07) is 11.6. The zero-order valence-corrected chi connectivity index (χ0v) is 17.4. The number of hydrogen-bond donors (Lipinski definition) is 1. The van der Waals surface area contributed by atoms with Crippen LogP contribution in [0.15, 0.2) is 48.7 Å². The minimum atomic E-state index is -0.464. The SMILES string of the molecule is Cc1ccc(OCc2cccc(C(=O)NC(C)c3cnn(C)c3C)c2)c([N+](=O)[O-])c1. The number of nitrogens with zero attached hydrogens (tertiary/aromatic N) is 3. The van der Waals surface area contributed by atoms with Gasteiger partial charge in [-0.2, -0.15) is 5.10 Å². The van der Waals surface area contributed by atoms with Crippen LogP contribution in [0.2, 0.25) is 0 Å². The monoisotopic (exact) mass is 408 g/mol. The Morgan fingerprint density at radius 2 is 2.03 bits per heavy atom. The Kier molecular flexibility index (Phi) is 6.15. The van der Waals surface area contributed by atoms with Crippen LogP contribution in [-0.2, 0) is 13.7 Å². The van der Waals surface area contributed by atoms with E-state index in [2.05, 4.69) is 10.4 Å². The molecule has 1 heterocycles. The molecule has 0 aliphatic carbocycles. The number of aryl methyl sites for hydroxylation is 2. The summed E-state index contributed by atoms with van der Waals surface area (Å²) < 4.78 is 7.42. The van der Waals surface area contributed by atoms with E-state index in [1.165, 1.54) is 6.07 Å². The van der Waals surface area contributed by atoms with E-state index in [1.54, 1.807) is 48.1 Å². The number of carbonyl (C=O) groups excluding carboxylic acids is 1. The number of nitrogens with one attached hydrogen (secondary N) is 1. The third kappa shape index (κ3) is 4.65. The smallest absolute Gasteiger partial charge is 0.311 e. The highest BCUT2D eigenvalue weighted by molar-refractivity contribution is 5.94. The van der Waals surface area contributed by atoms with Crippen molar-refractivity contribution >= 4 is 11.6 Å². The highest BCUT2D eigenvalue weighted by Gasteiger charge is 2.17. The Balaban J connectivity index is 1.70. The molecule has 2 aromatic carbocycles. The van der Waals surface area contributed by atoms with Crippen molar-refractivity contribution < 1.29 is 14.5 Å². The maximum Gasteiger partial charge on any atom is 0.311 e. The second-order valence-corrected chi connectivity index (χ2v) is 7.22. The number of ether oxygens (including phenoxy) is 1. The van der Waals surface area contributed by atoms with Crippen molar-refractivity contribution in [2.75, 3.05) is 0 Å². The van der Waals surface area contributed by atoms with Gasteiger partial charge in [0.05, 0.1) is 17.2 Å². The first kappa shape index (κ1) is 21.0. The molecule has 1 atom stereocenters. The van der Waals surface area contributed by atoms with Crippen LogP contribution < -0.4 is 10.1 Å². The Morgan fingerprint density at radius 3 is 2.70 bits per heavy atom. The lowest BCUT2D eigenvalue weighted by atomic mass is 10.1. The normalized spacial score (nSPS) is 11.7. The lowest BCUT2D eigenvalue weighted by molar-refractivity contribution is -0.386. The van der Waals surface area contributed by atoms with E-state index in [0.717, 1.165) is 22.4 Å². The predicted octanol–water partition coefficient (Wildman–Crippen LogP) is 4.02. The van der Waals surface area contributed by atoms with E-state index in [-0.39, 0.29) is 30.0 Å². The first-order valence-electron chi connectivity index (χ1n) is 9.52. The first-order valence-corrected chi connectivity index (χ1v) is 9.52. The molecule has 0 aliphatic rings. The molecule has 0 bridgehead atoms. The van der Waals surface area contributed by atoms with Crippen LogP contribution >= 0.6 is 0 Å². The summed E-state index contributed by atoms with van der Waals surface area (Å²) in [7, 11) is 1.86. The van der Waals surface area contributed by atoms with Gasteiger partial charge < -0.3 is 10.1 Å². The zero-order valence-electron chi connectivity index (χ0n) is 17.4. The molecule has 0 aliphatic heterocycles. The molecule has 8 nitrogen and oxygen atoms in total. The summed E-state index contributed by atoms with van der Waals surface area (Å²) in [5.74, 6) is -0.0185. The predicted molar refractivity (Wildman–Crippen MR) is 112 cm³/mol. The van der Waals surface area contributed by atoms with Crippen molar-refractivity contribution in [3.8, 4) is 5.75 Å². The highest BCUT2D eigenvalue weighted by atomic mass is 16.6. The molecule has 1 N–H and O–H groups in total. The molecule has 0 saturated heterocycles. The standard InChI is InChI=1S/C22H24N4O4/c1-14-8-9-21(20(10-14)26(28)29)30-13-17-6-5-7-18(11-17)22(27)24-15(2)19-12-23-25(4)16(19)3/h5-12,15H,13H2,1-4H3,(H,24,27). The van der Waals surface area contributed by atoms with E-state index < -0.39 is 4.92 Å². The number of hydrogen-bond acceptors (Lipinski definition) is 5. The van der Waals surface area contributed by atoms with Crippen molar-refractivity contribution in [3.63, 3.8) is 0 Å². The maximum atomic E-state index is 12.7. The maximum absolute atomic E-state index is 12.7. The van der Waals surface area contributed by atoms with E-state index >= 15 is 0 Å². The largest absolute Gasteiger partial charge is 0.482 e. The van der Waals surface area contributed by atoms with Gasteiger partial charge in [0.2, 0.25) is 0 Å². The van der Waals surface area contributed by atoms with Gasteiger partial charge in [-0.1, -0.05) is 18.2 Å². The molecule has 0 saturated carbocycles. The molecule has 1 amide bonds. The number of carbonyl (C=O) groups is 1. The van der Waals surface area contributed by atoms with Crippen molar-refractivity contribution in [2.45, 2.75) is 33.4 Å². The van der Waals surface area contributed by atoms with Crippen LogP contribution in [0.3, 0.4) is 0 Å². The molecule has 1 aromatic heterocycles. The van der Waals surface area contributed by atoms with Crippen LogP contribution in [0, 0.1) is 24.0 Å². The van der Waals surface area contributed by atoms with Gasteiger partial charge in [-0.15, -0.1) is 0 Å². The second kappa shape index (κ2) is 8.77. The Hall–Kier alpha value is -3.68. The molecule has 3 aromatic rings. The number of nitro groups is 1. The minimum absolute atomic E-state index is 0.0791. The molecule has 30 heavy (non-hydrogen) atoms. The van der Waals surface area contributed by atoms with E-state index in [9.17, 15) is 14.9 Å². The van der Waals surface area contributed by atoms with Crippen LogP contribution in [0.4, 0.5) is 5.69 Å². The van der Waals surface area contributed by atoms with Gasteiger partial charge >= 0.3 is 5.69 Å². The summed E-state index contributed by atoms with van der Waals surface area (Å²) in [5, 5.41) is 18.4. The second-order valence-electron chi connectivity index (χ2n) is 7.22. The molecule has 8 heteroatoms.